The molecule has 9 heteroatoms. The van der Waals surface area contributed by atoms with Crippen molar-refractivity contribution < 1.29 is 22.7 Å². The first-order chi connectivity index (χ1) is 9.31. The first kappa shape index (κ1) is 17.2. The highest BCUT2D eigenvalue weighted by Gasteiger charge is 2.34. The molecule has 0 saturated carbocycles. The van der Waals surface area contributed by atoms with Gasteiger partial charge in [0.05, 0.1) is 13.7 Å². The minimum atomic E-state index is -3.50. The third-order valence-electron chi connectivity index (χ3n) is 3.33. The summed E-state index contributed by atoms with van der Waals surface area (Å²) in [5.41, 5.74) is 0. The predicted molar refractivity (Wildman–Crippen MR) is 73.5 cm³/mol. The van der Waals surface area contributed by atoms with Crippen LogP contribution in [0.4, 0.5) is 4.79 Å². The Morgan fingerprint density at radius 1 is 1.40 bits per heavy atom. The number of piperidine rings is 1. The summed E-state index contributed by atoms with van der Waals surface area (Å²) in [5.74, 6) is -0.109. The summed E-state index contributed by atoms with van der Waals surface area (Å²) in [4.78, 5) is 13.1. The average molecular weight is 309 g/mol. The Morgan fingerprint density at radius 2 is 2.05 bits per heavy atom. The highest BCUT2D eigenvalue weighted by Crippen LogP contribution is 2.19. The fourth-order valence-electron chi connectivity index (χ4n) is 2.16. The van der Waals surface area contributed by atoms with Crippen molar-refractivity contribution in [3.63, 3.8) is 0 Å². The Labute approximate surface area is 120 Å². The number of carbonyl (C=O) groups is 1. The molecule has 0 aromatic rings. The molecule has 1 amide bonds. The van der Waals surface area contributed by atoms with E-state index < -0.39 is 16.3 Å². The van der Waals surface area contributed by atoms with E-state index in [9.17, 15) is 13.2 Å². The quantitative estimate of drug-likeness (QED) is 0.739. The van der Waals surface area contributed by atoms with E-state index in [1.807, 2.05) is 0 Å². The van der Waals surface area contributed by atoms with Crippen LogP contribution in [0.3, 0.4) is 0 Å². The number of rotatable bonds is 5. The van der Waals surface area contributed by atoms with Crippen LogP contribution >= 0.6 is 0 Å². The number of amides is 1. The number of likely N-dealkylation sites (tertiary alicyclic amines) is 1. The Hall–Kier alpha value is -0.900. The first-order valence-corrected chi connectivity index (χ1v) is 7.77. The molecule has 20 heavy (non-hydrogen) atoms. The Bertz CT molecular complexity index is 426. The predicted octanol–water partition coefficient (Wildman–Crippen LogP) is -0.514. The molecule has 1 N–H and O–H groups in total. The van der Waals surface area contributed by atoms with E-state index in [4.69, 9.17) is 4.74 Å². The molecule has 0 bridgehead atoms. The number of hydrogen-bond donors (Lipinski definition) is 1. The van der Waals surface area contributed by atoms with Gasteiger partial charge < -0.3 is 14.4 Å². The van der Waals surface area contributed by atoms with Gasteiger partial charge in [-0.05, 0) is 6.42 Å². The van der Waals surface area contributed by atoms with Gasteiger partial charge in [0.1, 0.15) is 0 Å². The summed E-state index contributed by atoms with van der Waals surface area (Å²) in [7, 11) is 2.32. The third kappa shape index (κ3) is 4.30. The van der Waals surface area contributed by atoms with Crippen molar-refractivity contribution in [1.29, 1.82) is 0 Å². The van der Waals surface area contributed by atoms with Gasteiger partial charge in [0.25, 0.3) is 10.2 Å². The van der Waals surface area contributed by atoms with E-state index in [1.165, 1.54) is 21.2 Å². The summed E-state index contributed by atoms with van der Waals surface area (Å²) < 4.78 is 37.4. The van der Waals surface area contributed by atoms with Crippen LogP contribution in [-0.4, -0.2) is 77.8 Å². The van der Waals surface area contributed by atoms with Crippen LogP contribution in [0.15, 0.2) is 0 Å². The van der Waals surface area contributed by atoms with Crippen LogP contribution < -0.4 is 4.72 Å². The van der Waals surface area contributed by atoms with Crippen molar-refractivity contribution in [2.45, 2.75) is 12.5 Å². The fraction of sp³-hybridized carbons (Fsp3) is 0.909. The molecule has 1 aliphatic heterocycles. The van der Waals surface area contributed by atoms with Crippen LogP contribution in [0.2, 0.25) is 0 Å². The van der Waals surface area contributed by atoms with Crippen LogP contribution in [-0.2, 0) is 19.7 Å². The van der Waals surface area contributed by atoms with Gasteiger partial charge in [-0.2, -0.15) is 17.4 Å². The van der Waals surface area contributed by atoms with Crippen molar-refractivity contribution in [3.05, 3.63) is 0 Å². The summed E-state index contributed by atoms with van der Waals surface area (Å²) in [6, 6.07) is -0.261. The number of nitrogens with zero attached hydrogens (tertiary/aromatic N) is 2. The molecule has 0 unspecified atom stereocenters. The lowest BCUT2D eigenvalue weighted by molar-refractivity contribution is 0.0613. The zero-order chi connectivity index (χ0) is 15.3. The first-order valence-electron chi connectivity index (χ1n) is 6.33. The van der Waals surface area contributed by atoms with Gasteiger partial charge in [-0.25, -0.2) is 4.79 Å². The van der Waals surface area contributed by atoms with E-state index >= 15 is 0 Å². The molecule has 1 aliphatic rings. The van der Waals surface area contributed by atoms with Crippen molar-refractivity contribution in [1.82, 2.24) is 13.9 Å². The number of carbonyl (C=O) groups excluding carboxylic acids is 1. The summed E-state index contributed by atoms with van der Waals surface area (Å²) in [5, 5.41) is 0. The van der Waals surface area contributed by atoms with Crippen LogP contribution in [0, 0.1) is 5.92 Å². The minimum Gasteiger partial charge on any atom is -0.453 e. The lowest BCUT2D eigenvalue weighted by Crippen LogP contribution is -2.55. The van der Waals surface area contributed by atoms with Crippen molar-refractivity contribution in [2.75, 3.05) is 48.0 Å². The highest BCUT2D eigenvalue weighted by atomic mass is 32.2. The SMILES string of the molecule is COC[C@@H]1CN(C(=O)OC)CC[C@@H]1NS(=O)(=O)N(C)C. The number of hydrogen-bond acceptors (Lipinski definition) is 5. The van der Waals surface area contributed by atoms with E-state index in [0.717, 1.165) is 4.31 Å². The van der Waals surface area contributed by atoms with E-state index in [0.29, 0.717) is 26.1 Å². The van der Waals surface area contributed by atoms with Gasteiger partial charge >= 0.3 is 6.09 Å². The third-order valence-corrected chi connectivity index (χ3v) is 4.89. The van der Waals surface area contributed by atoms with Gasteiger partial charge in [-0.3, -0.25) is 0 Å². The lowest BCUT2D eigenvalue weighted by atomic mass is 9.94. The van der Waals surface area contributed by atoms with Crippen LogP contribution in [0.25, 0.3) is 0 Å². The molecule has 0 aromatic heterocycles. The second-order valence-electron chi connectivity index (χ2n) is 4.93. The lowest BCUT2D eigenvalue weighted by Gasteiger charge is -2.37. The molecular weight excluding hydrogens is 286 g/mol. The Morgan fingerprint density at radius 3 is 2.55 bits per heavy atom. The summed E-state index contributed by atoms with van der Waals surface area (Å²) in [6.45, 7) is 1.22. The molecule has 0 aromatic carbocycles. The normalized spacial score (nSPS) is 23.9. The van der Waals surface area contributed by atoms with Gasteiger partial charge in [-0.1, -0.05) is 0 Å². The molecule has 1 saturated heterocycles. The maximum atomic E-state index is 11.9. The zero-order valence-electron chi connectivity index (χ0n) is 12.3. The molecule has 8 nitrogen and oxygen atoms in total. The maximum absolute atomic E-state index is 11.9. The average Bonchev–Trinajstić information content (AvgIpc) is 2.39. The minimum absolute atomic E-state index is 0.109. The Balaban J connectivity index is 2.75. The second kappa shape index (κ2) is 7.21. The maximum Gasteiger partial charge on any atom is 0.409 e. The van der Waals surface area contributed by atoms with Crippen molar-refractivity contribution in [3.8, 4) is 0 Å². The number of nitrogens with one attached hydrogen (secondary N) is 1. The molecule has 0 spiro atoms. The number of ether oxygens (including phenoxy) is 2. The molecule has 1 heterocycles. The fourth-order valence-corrected chi connectivity index (χ4v) is 3.07. The second-order valence-corrected chi connectivity index (χ2v) is 6.85. The standard InChI is InChI=1S/C11H23N3O5S/c1-13(2)20(16,17)12-10-5-6-14(11(15)19-4)7-9(10)8-18-3/h9-10,12H,5-8H2,1-4H3/t9-,10-/m0/s1. The monoisotopic (exact) mass is 309 g/mol. The molecular formula is C11H23N3O5S. The van der Waals surface area contributed by atoms with Gasteiger partial charge in [0.15, 0.2) is 0 Å². The topological polar surface area (TPSA) is 88.2 Å². The van der Waals surface area contributed by atoms with Gasteiger partial charge in [-0.15, -0.1) is 0 Å². The van der Waals surface area contributed by atoms with Crippen LogP contribution in [0.1, 0.15) is 6.42 Å². The summed E-state index contributed by atoms with van der Waals surface area (Å²) in [6.07, 6.45) is 0.121. The Kier molecular flexibility index (Phi) is 6.18. The summed E-state index contributed by atoms with van der Waals surface area (Å²) >= 11 is 0. The van der Waals surface area contributed by atoms with Gasteiger partial charge in [0, 0.05) is 46.3 Å². The van der Waals surface area contributed by atoms with Crippen molar-refractivity contribution in [2.24, 2.45) is 5.92 Å². The van der Waals surface area contributed by atoms with E-state index in [2.05, 4.69) is 9.46 Å². The van der Waals surface area contributed by atoms with Gasteiger partial charge in [0.2, 0.25) is 0 Å². The molecule has 118 valence electrons. The molecule has 0 radical (unpaired) electrons. The van der Waals surface area contributed by atoms with E-state index in [-0.39, 0.29) is 12.0 Å². The smallest absolute Gasteiger partial charge is 0.409 e. The van der Waals surface area contributed by atoms with E-state index in [1.54, 1.807) is 12.0 Å². The molecule has 1 fully saturated rings. The molecule has 0 aliphatic carbocycles. The number of methoxy groups -OCH3 is 2. The zero-order valence-corrected chi connectivity index (χ0v) is 13.1. The van der Waals surface area contributed by atoms with Crippen molar-refractivity contribution >= 4 is 16.3 Å². The largest absolute Gasteiger partial charge is 0.453 e. The van der Waals surface area contributed by atoms with Crippen LogP contribution in [0.5, 0.6) is 0 Å². The molecule has 2 atom stereocenters. The highest BCUT2D eigenvalue weighted by molar-refractivity contribution is 7.87. The molecule has 1 rings (SSSR count).